The zero-order valence-electron chi connectivity index (χ0n) is 13.7. The number of benzene rings is 2. The van der Waals surface area contributed by atoms with Crippen molar-refractivity contribution < 1.29 is 14.3 Å². The molecule has 5 nitrogen and oxygen atoms in total. The number of amides is 1. The Balaban J connectivity index is 0.00000208. The number of carbonyl (C=O) groups excluding carboxylic acids is 1. The smallest absolute Gasteiger partial charge is 0.262 e. The van der Waals surface area contributed by atoms with Crippen LogP contribution >= 0.6 is 12.4 Å². The van der Waals surface area contributed by atoms with E-state index >= 15 is 0 Å². The van der Waals surface area contributed by atoms with Crippen molar-refractivity contribution in [3.05, 3.63) is 47.5 Å². The van der Waals surface area contributed by atoms with Crippen LogP contribution in [0.3, 0.4) is 0 Å². The second-order valence-electron chi connectivity index (χ2n) is 5.47. The number of halogens is 1. The fourth-order valence-electron chi connectivity index (χ4n) is 2.99. The number of anilines is 2. The Kier molecular flexibility index (Phi) is 5.57. The number of rotatable bonds is 3. The first kappa shape index (κ1) is 17.9. The average molecular weight is 349 g/mol. The molecule has 1 aliphatic rings. The molecule has 0 unspecified atom stereocenters. The van der Waals surface area contributed by atoms with E-state index in [1.807, 2.05) is 18.2 Å². The van der Waals surface area contributed by atoms with Gasteiger partial charge in [-0.1, -0.05) is 6.07 Å². The third kappa shape index (κ3) is 3.12. The molecule has 2 aromatic rings. The number of nitrogen functional groups attached to an aromatic ring is 1. The Morgan fingerprint density at radius 2 is 1.96 bits per heavy atom. The zero-order valence-corrected chi connectivity index (χ0v) is 14.6. The van der Waals surface area contributed by atoms with E-state index in [0.29, 0.717) is 23.6 Å². The summed E-state index contributed by atoms with van der Waals surface area (Å²) in [4.78, 5) is 14.8. The van der Waals surface area contributed by atoms with Crippen LogP contribution in [0.5, 0.6) is 11.5 Å². The maximum Gasteiger partial charge on any atom is 0.262 e. The monoisotopic (exact) mass is 348 g/mol. The van der Waals surface area contributed by atoms with Crippen molar-refractivity contribution in [3.63, 3.8) is 0 Å². The Hall–Kier alpha value is -2.40. The van der Waals surface area contributed by atoms with Crippen molar-refractivity contribution in [1.29, 1.82) is 0 Å². The standard InChI is InChI=1S/C18H20N2O3.ClH/c1-22-12-8-9-17(23-2)14(11-12)18(21)20-10-4-5-13-15(19)6-3-7-16(13)20;/h3,6-9,11H,4-5,10,19H2,1-2H3;1H. The fraction of sp³-hybridized carbons (Fsp3) is 0.278. The molecule has 24 heavy (non-hydrogen) atoms. The van der Waals surface area contributed by atoms with Crippen LogP contribution in [-0.2, 0) is 6.42 Å². The van der Waals surface area contributed by atoms with Crippen molar-refractivity contribution in [2.45, 2.75) is 12.8 Å². The molecule has 0 spiro atoms. The van der Waals surface area contributed by atoms with Crippen LogP contribution in [0.15, 0.2) is 36.4 Å². The van der Waals surface area contributed by atoms with Crippen LogP contribution in [0, 0.1) is 0 Å². The molecular formula is C18H21ClN2O3. The molecule has 6 heteroatoms. The number of hydrogen-bond acceptors (Lipinski definition) is 4. The van der Waals surface area contributed by atoms with Crippen molar-refractivity contribution in [2.75, 3.05) is 31.4 Å². The predicted octanol–water partition coefficient (Wildman–Crippen LogP) is 3.30. The SMILES string of the molecule is COc1ccc(OC)c(C(=O)N2CCCc3c(N)cccc32)c1.Cl. The number of hydrogen-bond donors (Lipinski definition) is 1. The first-order valence-corrected chi connectivity index (χ1v) is 7.57. The van der Waals surface area contributed by atoms with E-state index in [1.54, 1.807) is 37.3 Å². The third-order valence-corrected chi connectivity index (χ3v) is 4.17. The van der Waals surface area contributed by atoms with E-state index in [2.05, 4.69) is 0 Å². The lowest BCUT2D eigenvalue weighted by Gasteiger charge is -2.30. The molecule has 0 fully saturated rings. The van der Waals surface area contributed by atoms with Gasteiger partial charge in [-0.2, -0.15) is 0 Å². The summed E-state index contributed by atoms with van der Waals surface area (Å²) in [7, 11) is 3.13. The number of nitrogens with zero attached hydrogens (tertiary/aromatic N) is 1. The number of carbonyl (C=O) groups is 1. The second kappa shape index (κ2) is 7.45. The van der Waals surface area contributed by atoms with Crippen molar-refractivity contribution in [3.8, 4) is 11.5 Å². The van der Waals surface area contributed by atoms with E-state index in [0.717, 1.165) is 29.8 Å². The molecule has 0 saturated heterocycles. The van der Waals surface area contributed by atoms with E-state index in [9.17, 15) is 4.79 Å². The summed E-state index contributed by atoms with van der Waals surface area (Å²) in [6.45, 7) is 0.662. The molecule has 0 aliphatic carbocycles. The minimum Gasteiger partial charge on any atom is -0.497 e. The van der Waals surface area contributed by atoms with Crippen LogP contribution in [0.1, 0.15) is 22.3 Å². The molecule has 1 heterocycles. The van der Waals surface area contributed by atoms with Gasteiger partial charge in [0.15, 0.2) is 0 Å². The summed E-state index contributed by atoms with van der Waals surface area (Å²) < 4.78 is 10.6. The largest absolute Gasteiger partial charge is 0.497 e. The molecule has 0 aromatic heterocycles. The van der Waals surface area contributed by atoms with E-state index in [-0.39, 0.29) is 18.3 Å². The highest BCUT2D eigenvalue weighted by Gasteiger charge is 2.26. The van der Waals surface area contributed by atoms with Gasteiger partial charge in [0.2, 0.25) is 0 Å². The molecule has 0 atom stereocenters. The van der Waals surface area contributed by atoms with Crippen LogP contribution in [0.4, 0.5) is 11.4 Å². The van der Waals surface area contributed by atoms with Crippen molar-refractivity contribution in [1.82, 2.24) is 0 Å². The number of nitrogens with two attached hydrogens (primary N) is 1. The molecule has 3 rings (SSSR count). The molecule has 128 valence electrons. The number of ether oxygens (including phenoxy) is 2. The summed E-state index contributed by atoms with van der Waals surface area (Å²) >= 11 is 0. The van der Waals surface area contributed by atoms with Gasteiger partial charge in [-0.05, 0) is 48.7 Å². The minimum atomic E-state index is -0.104. The summed E-state index contributed by atoms with van der Waals surface area (Å²) in [5.41, 5.74) is 9.20. The first-order chi connectivity index (χ1) is 11.2. The lowest BCUT2D eigenvalue weighted by Crippen LogP contribution is -2.36. The predicted molar refractivity (Wildman–Crippen MR) is 97.6 cm³/mol. The summed E-state index contributed by atoms with van der Waals surface area (Å²) in [6, 6.07) is 10.9. The molecule has 1 aliphatic heterocycles. The van der Waals surface area contributed by atoms with Gasteiger partial charge in [-0.15, -0.1) is 12.4 Å². The molecule has 1 amide bonds. The molecule has 0 bridgehead atoms. The summed E-state index contributed by atoms with van der Waals surface area (Å²) in [5, 5.41) is 0. The van der Waals surface area contributed by atoms with Crippen LogP contribution in [0.25, 0.3) is 0 Å². The van der Waals surface area contributed by atoms with Crippen LogP contribution in [-0.4, -0.2) is 26.7 Å². The molecule has 2 N–H and O–H groups in total. The second-order valence-corrected chi connectivity index (χ2v) is 5.47. The highest BCUT2D eigenvalue weighted by atomic mass is 35.5. The van der Waals surface area contributed by atoms with Crippen molar-refractivity contribution >= 4 is 29.7 Å². The Labute approximate surface area is 147 Å². The minimum absolute atomic E-state index is 0. The van der Waals surface area contributed by atoms with Gasteiger partial charge in [0.25, 0.3) is 5.91 Å². The molecule has 2 aromatic carbocycles. The van der Waals surface area contributed by atoms with Gasteiger partial charge in [-0.25, -0.2) is 0 Å². The number of methoxy groups -OCH3 is 2. The Morgan fingerprint density at radius 1 is 1.17 bits per heavy atom. The maximum absolute atomic E-state index is 13.1. The lowest BCUT2D eigenvalue weighted by atomic mass is 9.99. The molecule has 0 radical (unpaired) electrons. The van der Waals surface area contributed by atoms with Crippen LogP contribution < -0.4 is 20.1 Å². The fourth-order valence-corrected chi connectivity index (χ4v) is 2.99. The highest BCUT2D eigenvalue weighted by Crippen LogP contribution is 2.34. The zero-order chi connectivity index (χ0) is 16.4. The quantitative estimate of drug-likeness (QED) is 0.864. The number of fused-ring (bicyclic) bond motifs is 1. The maximum atomic E-state index is 13.1. The first-order valence-electron chi connectivity index (χ1n) is 7.57. The molecular weight excluding hydrogens is 328 g/mol. The van der Waals surface area contributed by atoms with Gasteiger partial charge in [0.05, 0.1) is 19.8 Å². The Bertz CT molecular complexity index is 749. The van der Waals surface area contributed by atoms with Gasteiger partial charge < -0.3 is 20.1 Å². The topological polar surface area (TPSA) is 64.8 Å². The molecule has 0 saturated carbocycles. The third-order valence-electron chi connectivity index (χ3n) is 4.17. The highest BCUT2D eigenvalue weighted by molar-refractivity contribution is 6.09. The van der Waals surface area contributed by atoms with Gasteiger partial charge >= 0.3 is 0 Å². The lowest BCUT2D eigenvalue weighted by molar-refractivity contribution is 0.0982. The Morgan fingerprint density at radius 3 is 2.67 bits per heavy atom. The van der Waals surface area contributed by atoms with E-state index < -0.39 is 0 Å². The van der Waals surface area contributed by atoms with E-state index in [1.165, 1.54) is 0 Å². The van der Waals surface area contributed by atoms with Gasteiger partial charge in [-0.3, -0.25) is 4.79 Å². The van der Waals surface area contributed by atoms with Crippen LogP contribution in [0.2, 0.25) is 0 Å². The van der Waals surface area contributed by atoms with Crippen molar-refractivity contribution in [2.24, 2.45) is 0 Å². The van der Waals surface area contributed by atoms with Gasteiger partial charge in [0, 0.05) is 17.9 Å². The van der Waals surface area contributed by atoms with E-state index in [4.69, 9.17) is 15.2 Å². The average Bonchev–Trinajstić information content (AvgIpc) is 2.60. The van der Waals surface area contributed by atoms with Gasteiger partial charge in [0.1, 0.15) is 11.5 Å². The normalized spacial score (nSPS) is 12.8. The summed E-state index contributed by atoms with van der Waals surface area (Å²) in [6.07, 6.45) is 1.78. The summed E-state index contributed by atoms with van der Waals surface area (Å²) in [5.74, 6) is 1.05.